The Morgan fingerprint density at radius 2 is 1.81 bits per heavy atom. The van der Waals surface area contributed by atoms with Gasteiger partial charge >= 0.3 is 0 Å². The minimum Gasteiger partial charge on any atom is -0.240 e. The van der Waals surface area contributed by atoms with Crippen molar-refractivity contribution in [3.05, 3.63) is 72.6 Å². The highest BCUT2D eigenvalue weighted by atomic mass is 32.1. The van der Waals surface area contributed by atoms with Gasteiger partial charge in [-0.2, -0.15) is 14.7 Å². The molecule has 2 aromatic carbocycles. The second kappa shape index (κ2) is 6.06. The van der Waals surface area contributed by atoms with Gasteiger partial charge in [-0.15, -0.1) is 10.2 Å². The van der Waals surface area contributed by atoms with Gasteiger partial charge < -0.3 is 0 Å². The highest BCUT2D eigenvalue weighted by Gasteiger charge is 2.18. The molecule has 5 aromatic rings. The zero-order valence-corrected chi connectivity index (χ0v) is 14.4. The first kappa shape index (κ1) is 15.8. The van der Waals surface area contributed by atoms with Crippen molar-refractivity contribution in [2.45, 2.75) is 0 Å². The van der Waals surface area contributed by atoms with Gasteiger partial charge in [0, 0.05) is 6.20 Å². The smallest absolute Gasteiger partial charge is 0.235 e. The summed E-state index contributed by atoms with van der Waals surface area (Å²) < 4.78 is 30.8. The van der Waals surface area contributed by atoms with Gasteiger partial charge in [0.25, 0.3) is 0 Å². The minimum absolute atomic E-state index is 0.0133. The molecule has 0 N–H and O–H groups in total. The molecule has 0 spiro atoms. The Labute approximate surface area is 155 Å². The molecule has 0 aliphatic carbocycles. The van der Waals surface area contributed by atoms with Crippen LogP contribution >= 0.6 is 11.3 Å². The van der Waals surface area contributed by atoms with Gasteiger partial charge in [-0.05, 0) is 30.3 Å². The van der Waals surface area contributed by atoms with Crippen molar-refractivity contribution in [2.24, 2.45) is 0 Å². The molecule has 132 valence electrons. The van der Waals surface area contributed by atoms with Crippen LogP contribution in [0.3, 0.4) is 0 Å². The van der Waals surface area contributed by atoms with E-state index in [1.165, 1.54) is 15.9 Å². The number of aromatic nitrogens is 6. The van der Waals surface area contributed by atoms with Gasteiger partial charge in [-0.25, -0.2) is 13.5 Å². The van der Waals surface area contributed by atoms with E-state index in [2.05, 4.69) is 20.4 Å². The third kappa shape index (κ3) is 2.68. The number of benzene rings is 2. The Bertz CT molecular complexity index is 1260. The molecule has 3 aromatic heterocycles. The van der Waals surface area contributed by atoms with Crippen molar-refractivity contribution in [3.63, 3.8) is 0 Å². The molecule has 0 fully saturated rings. The molecule has 5 rings (SSSR count). The van der Waals surface area contributed by atoms with Crippen molar-refractivity contribution in [1.82, 2.24) is 29.6 Å². The second-order valence-corrected chi connectivity index (χ2v) is 6.71. The first-order chi connectivity index (χ1) is 13.2. The van der Waals surface area contributed by atoms with Crippen molar-refractivity contribution in [2.75, 3.05) is 0 Å². The predicted octanol–water partition coefficient (Wildman–Crippen LogP) is 3.98. The maximum absolute atomic E-state index is 14.1. The average molecular weight is 380 g/mol. The van der Waals surface area contributed by atoms with E-state index >= 15 is 0 Å². The van der Waals surface area contributed by atoms with Crippen molar-refractivity contribution in [3.8, 4) is 27.6 Å². The number of fused-ring (bicyclic) bond motifs is 1. The molecule has 0 aliphatic heterocycles. The first-order valence-corrected chi connectivity index (χ1v) is 8.79. The maximum Gasteiger partial charge on any atom is 0.235 e. The van der Waals surface area contributed by atoms with Crippen LogP contribution in [0.4, 0.5) is 8.78 Å². The summed E-state index contributed by atoms with van der Waals surface area (Å²) >= 11 is 1.29. The van der Waals surface area contributed by atoms with Gasteiger partial charge in [0.2, 0.25) is 4.96 Å². The summed E-state index contributed by atoms with van der Waals surface area (Å²) in [4.78, 5) is 0.483. The third-order valence-corrected chi connectivity index (χ3v) is 4.96. The second-order valence-electron chi connectivity index (χ2n) is 5.76. The van der Waals surface area contributed by atoms with E-state index < -0.39 is 11.6 Å². The zero-order valence-electron chi connectivity index (χ0n) is 13.6. The largest absolute Gasteiger partial charge is 0.240 e. The van der Waals surface area contributed by atoms with E-state index in [1.54, 1.807) is 10.9 Å². The topological polar surface area (TPSA) is 60.9 Å². The van der Waals surface area contributed by atoms with Crippen LogP contribution < -0.4 is 0 Å². The average Bonchev–Trinajstić information content (AvgIpc) is 3.39. The SMILES string of the molecule is Fc1ccc(F)c(-c2nnc3sc(-c4cnn(-c5ccccc5)c4)nn23)c1. The quantitative estimate of drug-likeness (QED) is 0.475. The van der Waals surface area contributed by atoms with Gasteiger partial charge in [0.1, 0.15) is 11.6 Å². The molecule has 0 atom stereocenters. The fourth-order valence-corrected chi connectivity index (χ4v) is 3.54. The normalized spacial score (nSPS) is 11.3. The Balaban J connectivity index is 1.58. The summed E-state index contributed by atoms with van der Waals surface area (Å²) in [6.07, 6.45) is 3.55. The first-order valence-electron chi connectivity index (χ1n) is 7.97. The predicted molar refractivity (Wildman–Crippen MR) is 96.6 cm³/mol. The molecule has 0 aliphatic rings. The van der Waals surface area contributed by atoms with Crippen LogP contribution in [0.15, 0.2) is 60.9 Å². The molecule has 9 heteroatoms. The fourth-order valence-electron chi connectivity index (χ4n) is 2.73. The molecule has 3 heterocycles. The van der Waals surface area contributed by atoms with E-state index in [-0.39, 0.29) is 11.4 Å². The molecule has 27 heavy (non-hydrogen) atoms. The molecule has 0 radical (unpaired) electrons. The van der Waals surface area contributed by atoms with Crippen LogP contribution in [0.1, 0.15) is 0 Å². The van der Waals surface area contributed by atoms with Gasteiger partial charge in [0.15, 0.2) is 10.8 Å². The molecule has 6 nitrogen and oxygen atoms in total. The van der Waals surface area contributed by atoms with E-state index in [4.69, 9.17) is 0 Å². The highest BCUT2D eigenvalue weighted by molar-refractivity contribution is 7.19. The molecule has 0 amide bonds. The van der Waals surface area contributed by atoms with E-state index in [1.807, 2.05) is 36.5 Å². The molecule has 0 unspecified atom stereocenters. The zero-order chi connectivity index (χ0) is 18.4. The monoisotopic (exact) mass is 380 g/mol. The van der Waals surface area contributed by atoms with Crippen LogP contribution in [0.5, 0.6) is 0 Å². The highest BCUT2D eigenvalue weighted by Crippen LogP contribution is 2.29. The third-order valence-electron chi connectivity index (χ3n) is 4.01. The van der Waals surface area contributed by atoms with Crippen LogP contribution in [0, 0.1) is 11.6 Å². The lowest BCUT2D eigenvalue weighted by Gasteiger charge is -1.99. The Hall–Kier alpha value is -3.46. The maximum atomic E-state index is 14.1. The summed E-state index contributed by atoms with van der Waals surface area (Å²) in [7, 11) is 0. The van der Waals surface area contributed by atoms with Crippen molar-refractivity contribution in [1.29, 1.82) is 0 Å². The molecule has 0 saturated heterocycles. The Morgan fingerprint density at radius 3 is 2.67 bits per heavy atom. The van der Waals surface area contributed by atoms with Gasteiger partial charge in [0.05, 0.1) is 23.0 Å². The van der Waals surface area contributed by atoms with E-state index in [9.17, 15) is 8.78 Å². The van der Waals surface area contributed by atoms with Crippen molar-refractivity contribution >= 4 is 16.3 Å². The lowest BCUT2D eigenvalue weighted by molar-refractivity contribution is 0.601. The fraction of sp³-hybridized carbons (Fsp3) is 0. The number of hydrogen-bond donors (Lipinski definition) is 0. The molecule has 0 bridgehead atoms. The van der Waals surface area contributed by atoms with Gasteiger partial charge in [-0.1, -0.05) is 29.5 Å². The lowest BCUT2D eigenvalue weighted by atomic mass is 10.2. The number of para-hydroxylation sites is 1. The lowest BCUT2D eigenvalue weighted by Crippen LogP contribution is -1.94. The Morgan fingerprint density at radius 1 is 0.963 bits per heavy atom. The number of nitrogens with zero attached hydrogens (tertiary/aromatic N) is 6. The standard InChI is InChI=1S/C18H10F2N6S/c19-12-6-7-15(20)14(8-12)16-22-23-18-26(16)24-17(27-18)11-9-21-25(10-11)13-4-2-1-3-5-13/h1-10H. The molecular formula is C18H10F2N6S. The molecular weight excluding hydrogens is 370 g/mol. The summed E-state index contributed by atoms with van der Waals surface area (Å²) in [6.45, 7) is 0. The summed E-state index contributed by atoms with van der Waals surface area (Å²) in [5.74, 6) is -0.986. The minimum atomic E-state index is -0.586. The summed E-state index contributed by atoms with van der Waals surface area (Å²) in [5.41, 5.74) is 1.73. The van der Waals surface area contributed by atoms with Gasteiger partial charge in [-0.3, -0.25) is 0 Å². The van der Waals surface area contributed by atoms with E-state index in [0.717, 1.165) is 29.4 Å². The summed E-state index contributed by atoms with van der Waals surface area (Å²) in [5, 5.41) is 17.4. The van der Waals surface area contributed by atoms with Crippen LogP contribution in [0.2, 0.25) is 0 Å². The van der Waals surface area contributed by atoms with E-state index in [0.29, 0.717) is 9.97 Å². The molecule has 0 saturated carbocycles. The Kier molecular flexibility index (Phi) is 3.54. The van der Waals surface area contributed by atoms with Crippen LogP contribution in [0.25, 0.3) is 32.6 Å². The van der Waals surface area contributed by atoms with Crippen LogP contribution in [-0.2, 0) is 0 Å². The van der Waals surface area contributed by atoms with Crippen LogP contribution in [-0.4, -0.2) is 29.6 Å². The number of rotatable bonds is 3. The number of hydrogen-bond acceptors (Lipinski definition) is 5. The summed E-state index contributed by atoms with van der Waals surface area (Å²) in [6, 6.07) is 12.9. The van der Waals surface area contributed by atoms with Crippen molar-refractivity contribution < 1.29 is 8.78 Å². The number of halogens is 2.